The van der Waals surface area contributed by atoms with Gasteiger partial charge in [0.2, 0.25) is 10.0 Å². The molecule has 0 aliphatic rings. The predicted octanol–water partition coefficient (Wildman–Crippen LogP) is 2.26. The van der Waals surface area contributed by atoms with Crippen molar-refractivity contribution in [2.24, 2.45) is 10.6 Å². The molecule has 0 fully saturated rings. The molecule has 1 aromatic rings. The van der Waals surface area contributed by atoms with Gasteiger partial charge < -0.3 is 5.32 Å². The third-order valence-corrected chi connectivity index (χ3v) is 4.46. The molecule has 3 N–H and O–H groups in total. The van der Waals surface area contributed by atoms with Crippen molar-refractivity contribution in [3.63, 3.8) is 0 Å². The van der Waals surface area contributed by atoms with E-state index in [1.807, 2.05) is 27.7 Å². The summed E-state index contributed by atoms with van der Waals surface area (Å²) >= 11 is 3.18. The monoisotopic (exact) mass is 362 g/mol. The van der Waals surface area contributed by atoms with Crippen molar-refractivity contribution in [3.05, 3.63) is 28.2 Å². The highest BCUT2D eigenvalue weighted by Crippen LogP contribution is 2.21. The molecule has 0 aliphatic carbocycles. The minimum absolute atomic E-state index is 0.0630. The number of carbonyl (C=O) groups is 1. The van der Waals surface area contributed by atoms with Crippen LogP contribution in [0.2, 0.25) is 0 Å². The summed E-state index contributed by atoms with van der Waals surface area (Å²) < 4.78 is 23.2. The van der Waals surface area contributed by atoms with E-state index in [0.29, 0.717) is 4.47 Å². The van der Waals surface area contributed by atoms with E-state index in [2.05, 4.69) is 21.2 Å². The number of carbonyl (C=O) groups excluding carboxylic acids is 1. The molecule has 0 aliphatic heterocycles. The van der Waals surface area contributed by atoms with Gasteiger partial charge in [-0.2, -0.15) is 0 Å². The van der Waals surface area contributed by atoms with Crippen LogP contribution in [0.1, 0.15) is 38.1 Å². The summed E-state index contributed by atoms with van der Waals surface area (Å²) in [6.45, 7) is 7.92. The maximum absolute atomic E-state index is 12.2. The van der Waals surface area contributed by atoms with Gasteiger partial charge in [0.15, 0.2) is 0 Å². The van der Waals surface area contributed by atoms with Crippen LogP contribution in [0.3, 0.4) is 0 Å². The number of sulfonamides is 1. The Labute approximate surface area is 128 Å². The van der Waals surface area contributed by atoms with E-state index < -0.39 is 10.0 Å². The van der Waals surface area contributed by atoms with Crippen molar-refractivity contribution in [2.75, 3.05) is 0 Å². The summed E-state index contributed by atoms with van der Waals surface area (Å²) in [4.78, 5) is 12.1. The van der Waals surface area contributed by atoms with E-state index in [1.54, 1.807) is 6.07 Å². The molecule has 0 saturated heterocycles. The van der Waals surface area contributed by atoms with Crippen LogP contribution in [0, 0.1) is 5.41 Å². The van der Waals surface area contributed by atoms with Gasteiger partial charge in [-0.25, -0.2) is 13.6 Å². The summed E-state index contributed by atoms with van der Waals surface area (Å²) in [7, 11) is -3.85. The lowest BCUT2D eigenvalue weighted by atomic mass is 9.88. The molecule has 1 unspecified atom stereocenters. The number of amides is 1. The van der Waals surface area contributed by atoms with E-state index in [9.17, 15) is 13.2 Å². The number of halogens is 1. The SMILES string of the molecule is CC(NC(=O)c1cc(Br)cc(S(N)(=O)=O)c1)C(C)(C)C. The van der Waals surface area contributed by atoms with Crippen LogP contribution in [-0.2, 0) is 10.0 Å². The first kappa shape index (κ1) is 17.1. The second kappa shape index (κ2) is 5.83. The minimum Gasteiger partial charge on any atom is -0.349 e. The Morgan fingerprint density at radius 2 is 1.85 bits per heavy atom. The Kier molecular flexibility index (Phi) is 4.99. The predicted molar refractivity (Wildman–Crippen MR) is 81.9 cm³/mol. The molecule has 1 amide bonds. The number of hydrogen-bond donors (Lipinski definition) is 2. The fourth-order valence-corrected chi connectivity index (χ4v) is 2.58. The van der Waals surface area contributed by atoms with Crippen molar-refractivity contribution in [1.82, 2.24) is 5.32 Å². The zero-order chi connectivity index (χ0) is 15.7. The zero-order valence-corrected chi connectivity index (χ0v) is 14.3. The maximum atomic E-state index is 12.2. The average molecular weight is 363 g/mol. The van der Waals surface area contributed by atoms with E-state index in [0.717, 1.165) is 0 Å². The average Bonchev–Trinajstić information content (AvgIpc) is 2.25. The molecule has 0 bridgehead atoms. The summed E-state index contributed by atoms with van der Waals surface area (Å²) in [5.41, 5.74) is 0.157. The van der Waals surface area contributed by atoms with Crippen LogP contribution in [-0.4, -0.2) is 20.4 Å². The molecule has 0 spiro atoms. The number of rotatable bonds is 3. The van der Waals surface area contributed by atoms with Crippen molar-refractivity contribution in [2.45, 2.75) is 38.6 Å². The summed E-state index contributed by atoms with van der Waals surface area (Å²) in [5.74, 6) is -0.335. The van der Waals surface area contributed by atoms with Gasteiger partial charge in [0.05, 0.1) is 4.90 Å². The maximum Gasteiger partial charge on any atom is 0.251 e. The third-order valence-electron chi connectivity index (χ3n) is 3.11. The second-order valence-corrected chi connectivity index (χ2v) is 8.26. The lowest BCUT2D eigenvalue weighted by molar-refractivity contribution is 0.0910. The Morgan fingerprint density at radius 1 is 1.30 bits per heavy atom. The van der Waals surface area contributed by atoms with Crippen molar-refractivity contribution >= 4 is 31.9 Å². The summed E-state index contributed by atoms with van der Waals surface area (Å²) in [6, 6.07) is 4.12. The van der Waals surface area contributed by atoms with Gasteiger partial charge in [0, 0.05) is 16.1 Å². The normalized spacial score (nSPS) is 13.9. The third kappa shape index (κ3) is 4.57. The van der Waals surface area contributed by atoms with Crippen LogP contribution >= 0.6 is 15.9 Å². The van der Waals surface area contributed by atoms with Crippen LogP contribution < -0.4 is 10.5 Å². The van der Waals surface area contributed by atoms with E-state index in [4.69, 9.17) is 5.14 Å². The van der Waals surface area contributed by atoms with Crippen LogP contribution in [0.4, 0.5) is 0 Å². The van der Waals surface area contributed by atoms with Crippen molar-refractivity contribution < 1.29 is 13.2 Å². The number of benzene rings is 1. The molecule has 0 radical (unpaired) electrons. The smallest absolute Gasteiger partial charge is 0.251 e. The standard InChI is InChI=1S/C13H19BrN2O3S/c1-8(13(2,3)4)16-12(17)9-5-10(14)7-11(6-9)20(15,18)19/h5-8H,1-4H3,(H,16,17)(H2,15,18,19). The molecule has 0 saturated carbocycles. The topological polar surface area (TPSA) is 89.3 Å². The van der Waals surface area contributed by atoms with Crippen LogP contribution in [0.5, 0.6) is 0 Å². The lowest BCUT2D eigenvalue weighted by Gasteiger charge is -2.28. The molecule has 20 heavy (non-hydrogen) atoms. The molecule has 0 heterocycles. The summed E-state index contributed by atoms with van der Waals surface area (Å²) in [6.07, 6.45) is 0. The molecule has 1 atom stereocenters. The number of primary sulfonamides is 1. The largest absolute Gasteiger partial charge is 0.349 e. The number of hydrogen-bond acceptors (Lipinski definition) is 3. The zero-order valence-electron chi connectivity index (χ0n) is 11.9. The first-order chi connectivity index (χ1) is 8.91. The highest BCUT2D eigenvalue weighted by atomic mass is 79.9. The highest BCUT2D eigenvalue weighted by molar-refractivity contribution is 9.10. The fraction of sp³-hybridized carbons (Fsp3) is 0.462. The number of nitrogens with two attached hydrogens (primary N) is 1. The Hall–Kier alpha value is -0.920. The Balaban J connectivity index is 3.09. The lowest BCUT2D eigenvalue weighted by Crippen LogP contribution is -2.41. The molecular weight excluding hydrogens is 344 g/mol. The van der Waals surface area contributed by atoms with Gasteiger partial charge in [0.1, 0.15) is 0 Å². The van der Waals surface area contributed by atoms with Crippen molar-refractivity contribution in [3.8, 4) is 0 Å². The van der Waals surface area contributed by atoms with E-state index in [-0.39, 0.29) is 27.8 Å². The van der Waals surface area contributed by atoms with Gasteiger partial charge in [-0.05, 0) is 30.5 Å². The molecular formula is C13H19BrN2O3S. The molecule has 1 rings (SSSR count). The Bertz CT molecular complexity index is 621. The molecule has 5 nitrogen and oxygen atoms in total. The number of nitrogens with one attached hydrogen (secondary N) is 1. The quantitative estimate of drug-likeness (QED) is 0.863. The van der Waals surface area contributed by atoms with Gasteiger partial charge in [-0.15, -0.1) is 0 Å². The molecule has 1 aromatic carbocycles. The molecule has 7 heteroatoms. The van der Waals surface area contributed by atoms with Gasteiger partial charge >= 0.3 is 0 Å². The second-order valence-electron chi connectivity index (χ2n) is 5.78. The van der Waals surface area contributed by atoms with Crippen LogP contribution in [0.25, 0.3) is 0 Å². The molecule has 112 valence electrons. The first-order valence-electron chi connectivity index (χ1n) is 6.05. The van der Waals surface area contributed by atoms with Gasteiger partial charge in [-0.1, -0.05) is 36.7 Å². The fourth-order valence-electron chi connectivity index (χ4n) is 1.35. The molecule has 0 aromatic heterocycles. The van der Waals surface area contributed by atoms with E-state index in [1.165, 1.54) is 12.1 Å². The highest BCUT2D eigenvalue weighted by Gasteiger charge is 2.23. The van der Waals surface area contributed by atoms with E-state index >= 15 is 0 Å². The Morgan fingerprint density at radius 3 is 2.30 bits per heavy atom. The van der Waals surface area contributed by atoms with Gasteiger partial charge in [-0.3, -0.25) is 4.79 Å². The minimum atomic E-state index is -3.85. The van der Waals surface area contributed by atoms with Gasteiger partial charge in [0.25, 0.3) is 5.91 Å². The summed E-state index contributed by atoms with van der Waals surface area (Å²) in [5, 5.41) is 7.93. The van der Waals surface area contributed by atoms with Crippen molar-refractivity contribution in [1.29, 1.82) is 0 Å². The van der Waals surface area contributed by atoms with Crippen LogP contribution in [0.15, 0.2) is 27.6 Å². The first-order valence-corrected chi connectivity index (χ1v) is 8.39.